The molecule has 1 aliphatic heterocycles. The van der Waals surface area contributed by atoms with E-state index in [4.69, 9.17) is 14.2 Å². The summed E-state index contributed by atoms with van der Waals surface area (Å²) in [7, 11) is 1.58. The maximum atomic E-state index is 15.0. The number of ether oxygens (including phenoxy) is 3. The molecular weight excluding hydrogens is 537 g/mol. The zero-order chi connectivity index (χ0) is 29.1. The van der Waals surface area contributed by atoms with E-state index >= 15 is 0 Å². The van der Waals surface area contributed by atoms with Crippen molar-refractivity contribution in [2.45, 2.75) is 25.7 Å². The average molecular weight is 572 g/mol. The molecule has 42 heavy (non-hydrogen) atoms. The van der Waals surface area contributed by atoms with Crippen LogP contribution in [0.4, 0.5) is 14.9 Å². The Balaban J connectivity index is 1.21. The van der Waals surface area contributed by atoms with Gasteiger partial charge >= 0.3 is 6.03 Å². The highest BCUT2D eigenvalue weighted by Crippen LogP contribution is 2.38. The summed E-state index contributed by atoms with van der Waals surface area (Å²) in [6.45, 7) is 3.90. The van der Waals surface area contributed by atoms with Gasteiger partial charge in [0.15, 0.2) is 23.1 Å². The molecule has 0 spiro atoms. The van der Waals surface area contributed by atoms with Crippen LogP contribution in [0.3, 0.4) is 0 Å². The summed E-state index contributed by atoms with van der Waals surface area (Å²) in [5.41, 5.74) is 4.06. The fraction of sp³-hybridized carbons (Fsp3) is 0.281. The third kappa shape index (κ3) is 7.73. The Bertz CT molecular complexity index is 1530. The van der Waals surface area contributed by atoms with Gasteiger partial charge in [-0.1, -0.05) is 36.8 Å². The van der Waals surface area contributed by atoms with Crippen LogP contribution >= 0.6 is 0 Å². The Morgan fingerprint density at radius 3 is 2.62 bits per heavy atom. The van der Waals surface area contributed by atoms with Crippen molar-refractivity contribution in [3.8, 4) is 23.0 Å². The number of piperidine rings is 1. The Morgan fingerprint density at radius 2 is 1.83 bits per heavy atom. The molecule has 4 aromatic rings. The number of likely N-dealkylation sites (tertiary alicyclic amines) is 1. The molecule has 1 fully saturated rings. The van der Waals surface area contributed by atoms with Crippen molar-refractivity contribution in [1.29, 1.82) is 0 Å². The smallest absolute Gasteiger partial charge is 0.339 e. The first kappa shape index (κ1) is 28.8. The Kier molecular flexibility index (Phi) is 9.79. The Hall–Kier alpha value is -4.70. The summed E-state index contributed by atoms with van der Waals surface area (Å²) in [6.07, 6.45) is 7.88. The number of carbonyl (C=O) groups is 1. The number of aromatic nitrogens is 1. The van der Waals surface area contributed by atoms with E-state index in [0.717, 1.165) is 31.6 Å². The molecular formula is C32H34FN5O4. The van der Waals surface area contributed by atoms with E-state index in [9.17, 15) is 9.18 Å². The maximum Gasteiger partial charge on any atom is 0.339 e. The fourth-order valence-electron chi connectivity index (χ4n) is 4.79. The second-order valence-electron chi connectivity index (χ2n) is 9.92. The Morgan fingerprint density at radius 1 is 1.00 bits per heavy atom. The largest absolute Gasteiger partial charge is 0.493 e. The number of urea groups is 1. The number of pyridine rings is 1. The second-order valence-corrected chi connectivity index (χ2v) is 9.92. The number of nitrogens with one attached hydrogen (secondary N) is 2. The molecule has 2 N–H and O–H groups in total. The van der Waals surface area contributed by atoms with E-state index in [1.54, 1.807) is 31.5 Å². The van der Waals surface area contributed by atoms with Gasteiger partial charge < -0.3 is 24.4 Å². The third-order valence-corrected chi connectivity index (χ3v) is 6.90. The summed E-state index contributed by atoms with van der Waals surface area (Å²) >= 11 is 0. The highest BCUT2D eigenvalue weighted by atomic mass is 19.1. The molecule has 1 saturated heterocycles. The van der Waals surface area contributed by atoms with Crippen LogP contribution in [0.25, 0.3) is 10.9 Å². The molecule has 3 aromatic carbocycles. The van der Waals surface area contributed by atoms with Gasteiger partial charge in [0.1, 0.15) is 5.75 Å². The van der Waals surface area contributed by atoms with E-state index in [0.29, 0.717) is 34.8 Å². The molecule has 2 heterocycles. The number of hydrogen-bond donors (Lipinski definition) is 2. The average Bonchev–Trinajstić information content (AvgIpc) is 3.01. The molecule has 0 bridgehead atoms. The molecule has 0 atom stereocenters. The number of carbonyl (C=O) groups excluding carboxylic acids is 1. The van der Waals surface area contributed by atoms with Crippen molar-refractivity contribution in [1.82, 2.24) is 15.3 Å². The lowest BCUT2D eigenvalue weighted by molar-refractivity contribution is 0.203. The number of methoxy groups -OCH3 is 1. The van der Waals surface area contributed by atoms with E-state index in [-0.39, 0.29) is 11.4 Å². The monoisotopic (exact) mass is 571 g/mol. The first-order chi connectivity index (χ1) is 20.6. The van der Waals surface area contributed by atoms with Gasteiger partial charge in [-0.2, -0.15) is 5.10 Å². The highest BCUT2D eigenvalue weighted by Gasteiger charge is 2.15. The number of amides is 2. The molecule has 0 aliphatic carbocycles. The molecule has 0 unspecified atom stereocenters. The van der Waals surface area contributed by atoms with Gasteiger partial charge in [0.2, 0.25) is 0 Å². The zero-order valence-corrected chi connectivity index (χ0v) is 23.5. The molecule has 0 radical (unpaired) electrons. The molecule has 5 rings (SSSR count). The number of hydrogen-bond acceptors (Lipinski definition) is 7. The van der Waals surface area contributed by atoms with Gasteiger partial charge in [-0.25, -0.2) is 14.6 Å². The lowest BCUT2D eigenvalue weighted by Gasteiger charge is -2.26. The van der Waals surface area contributed by atoms with Crippen molar-refractivity contribution < 1.29 is 23.4 Å². The van der Waals surface area contributed by atoms with Crippen LogP contribution in [0.15, 0.2) is 78.0 Å². The topological polar surface area (TPSA) is 97.3 Å². The summed E-state index contributed by atoms with van der Waals surface area (Å²) in [5.74, 6) is 0.891. The van der Waals surface area contributed by atoms with Gasteiger partial charge in [0.25, 0.3) is 0 Å². The van der Waals surface area contributed by atoms with E-state index < -0.39 is 11.8 Å². The predicted molar refractivity (Wildman–Crippen MR) is 161 cm³/mol. The van der Waals surface area contributed by atoms with Crippen molar-refractivity contribution in [2.75, 3.05) is 38.7 Å². The lowest BCUT2D eigenvalue weighted by atomic mass is 10.1. The van der Waals surface area contributed by atoms with Crippen LogP contribution < -0.4 is 25.0 Å². The first-order valence-corrected chi connectivity index (χ1v) is 14.0. The number of rotatable bonds is 11. The van der Waals surface area contributed by atoms with Gasteiger partial charge in [0.05, 0.1) is 25.4 Å². The minimum absolute atomic E-state index is 0.00689. The molecule has 0 saturated carbocycles. The van der Waals surface area contributed by atoms with E-state index in [2.05, 4.69) is 25.7 Å². The molecule has 10 heteroatoms. The second kappa shape index (κ2) is 14.3. The van der Waals surface area contributed by atoms with Crippen molar-refractivity contribution >= 4 is 28.8 Å². The number of benzene rings is 3. The van der Waals surface area contributed by atoms with E-state index in [1.807, 2.05) is 36.4 Å². The molecule has 1 aliphatic rings. The first-order valence-electron chi connectivity index (χ1n) is 14.0. The summed E-state index contributed by atoms with van der Waals surface area (Å²) in [4.78, 5) is 19.1. The molecule has 2 amide bonds. The van der Waals surface area contributed by atoms with Crippen LogP contribution in [-0.2, 0) is 0 Å². The van der Waals surface area contributed by atoms with Gasteiger partial charge in [-0.3, -0.25) is 4.98 Å². The minimum atomic E-state index is -0.647. The van der Waals surface area contributed by atoms with Crippen molar-refractivity contribution in [3.05, 3.63) is 84.3 Å². The number of anilines is 1. The highest BCUT2D eigenvalue weighted by molar-refractivity contribution is 5.91. The molecule has 9 nitrogen and oxygen atoms in total. The maximum absolute atomic E-state index is 15.0. The van der Waals surface area contributed by atoms with Crippen LogP contribution in [0.1, 0.15) is 31.2 Å². The SMILES string of the molecule is COc1cc2c(Oc3ccc(NC(=O)N/N=C/c4ccccc4)cc3F)ccnc2cc1OCCCN1CCCCC1. The fourth-order valence-corrected chi connectivity index (χ4v) is 4.79. The number of hydrazone groups is 1. The van der Waals surface area contributed by atoms with Crippen LogP contribution in [0.5, 0.6) is 23.0 Å². The zero-order valence-electron chi connectivity index (χ0n) is 23.5. The van der Waals surface area contributed by atoms with Gasteiger partial charge in [-0.15, -0.1) is 0 Å². The number of halogens is 1. The van der Waals surface area contributed by atoms with Crippen LogP contribution in [0, 0.1) is 5.82 Å². The predicted octanol–water partition coefficient (Wildman–Crippen LogP) is 6.59. The number of fused-ring (bicyclic) bond motifs is 1. The van der Waals surface area contributed by atoms with Crippen molar-refractivity contribution in [3.63, 3.8) is 0 Å². The minimum Gasteiger partial charge on any atom is -0.493 e. The Labute approximate surface area is 244 Å². The standard InChI is InChI=1S/C32H34FN5O4/c1-40-30-20-25-27(21-31(30)41-18-8-17-38-15-6-3-7-16-38)34-14-13-28(25)42-29-12-11-24(19-26(29)33)36-32(39)37-35-22-23-9-4-2-5-10-23/h2,4-5,9-14,19-22H,3,6-8,15-18H2,1H3,(H2,36,37,39)/b35-22+. The van der Waals surface area contributed by atoms with Gasteiger partial charge in [0, 0.05) is 35.9 Å². The quantitative estimate of drug-likeness (QED) is 0.120. The summed E-state index contributed by atoms with van der Waals surface area (Å²) in [5, 5.41) is 7.08. The summed E-state index contributed by atoms with van der Waals surface area (Å²) < 4.78 is 32.6. The molecule has 218 valence electrons. The molecule has 1 aromatic heterocycles. The number of nitrogens with zero attached hydrogens (tertiary/aromatic N) is 3. The normalized spacial score (nSPS) is 13.7. The third-order valence-electron chi connectivity index (χ3n) is 6.90. The van der Waals surface area contributed by atoms with Crippen LogP contribution in [-0.4, -0.2) is 55.5 Å². The lowest BCUT2D eigenvalue weighted by Crippen LogP contribution is -2.31. The van der Waals surface area contributed by atoms with Gasteiger partial charge in [-0.05, 0) is 62.2 Å². The van der Waals surface area contributed by atoms with E-state index in [1.165, 1.54) is 37.6 Å². The van der Waals surface area contributed by atoms with Crippen LogP contribution in [0.2, 0.25) is 0 Å². The van der Waals surface area contributed by atoms with Crippen molar-refractivity contribution in [2.24, 2.45) is 5.10 Å². The summed E-state index contributed by atoms with van der Waals surface area (Å²) in [6, 6.07) is 18.1.